The van der Waals surface area contributed by atoms with Gasteiger partial charge in [-0.25, -0.2) is 4.39 Å². The van der Waals surface area contributed by atoms with Gasteiger partial charge in [-0.05, 0) is 51.8 Å². The third-order valence-electron chi connectivity index (χ3n) is 3.42. The normalized spacial score (nSPS) is 21.2. The number of halogens is 3. The van der Waals surface area contributed by atoms with Crippen molar-refractivity contribution in [2.75, 3.05) is 0 Å². The highest BCUT2D eigenvalue weighted by Crippen LogP contribution is 2.40. The Bertz CT molecular complexity index is 664. The van der Waals surface area contributed by atoms with Crippen LogP contribution in [-0.4, -0.2) is 0 Å². The second-order valence-corrected chi connectivity index (χ2v) is 6.07. The van der Waals surface area contributed by atoms with Gasteiger partial charge in [0.05, 0.1) is 5.02 Å². The largest absolute Gasteiger partial charge is 0.485 e. The number of benzene rings is 2. The van der Waals surface area contributed by atoms with Gasteiger partial charge in [0.1, 0.15) is 17.7 Å². The van der Waals surface area contributed by atoms with Crippen LogP contribution in [-0.2, 0) is 0 Å². The first kappa shape index (κ1) is 13.9. The van der Waals surface area contributed by atoms with Crippen LogP contribution in [0.4, 0.5) is 4.39 Å². The molecule has 0 spiro atoms. The van der Waals surface area contributed by atoms with Crippen LogP contribution in [0.5, 0.6) is 5.75 Å². The van der Waals surface area contributed by atoms with E-state index in [4.69, 9.17) is 22.1 Å². The number of fused-ring (bicyclic) bond motifs is 1. The van der Waals surface area contributed by atoms with Crippen molar-refractivity contribution in [3.63, 3.8) is 0 Å². The molecule has 0 radical (unpaired) electrons. The fraction of sp³-hybridized carbons (Fsp3) is 0.200. The van der Waals surface area contributed by atoms with Gasteiger partial charge >= 0.3 is 0 Å². The van der Waals surface area contributed by atoms with Crippen LogP contribution in [0.25, 0.3) is 0 Å². The first-order valence-corrected chi connectivity index (χ1v) is 7.38. The maximum absolute atomic E-state index is 13.3. The molecule has 0 bridgehead atoms. The van der Waals surface area contributed by atoms with Gasteiger partial charge in [-0.1, -0.05) is 17.7 Å². The van der Waals surface area contributed by atoms with Crippen LogP contribution >= 0.6 is 27.5 Å². The predicted octanol–water partition coefficient (Wildman–Crippen LogP) is 4.77. The molecule has 0 aromatic heterocycles. The molecule has 0 amide bonds. The molecular formula is C15H12BrClFNO. The Morgan fingerprint density at radius 2 is 2.05 bits per heavy atom. The summed E-state index contributed by atoms with van der Waals surface area (Å²) in [5, 5.41) is 0.649. The van der Waals surface area contributed by atoms with Crippen molar-refractivity contribution >= 4 is 27.5 Å². The molecule has 2 aromatic rings. The van der Waals surface area contributed by atoms with E-state index in [0.29, 0.717) is 22.8 Å². The van der Waals surface area contributed by atoms with E-state index < -0.39 is 0 Å². The van der Waals surface area contributed by atoms with Gasteiger partial charge in [0.25, 0.3) is 0 Å². The van der Waals surface area contributed by atoms with Crippen molar-refractivity contribution in [2.45, 2.75) is 18.6 Å². The summed E-state index contributed by atoms with van der Waals surface area (Å²) < 4.78 is 20.0. The van der Waals surface area contributed by atoms with Crippen molar-refractivity contribution in [1.29, 1.82) is 0 Å². The van der Waals surface area contributed by atoms with Crippen LogP contribution in [0, 0.1) is 5.82 Å². The van der Waals surface area contributed by atoms with Gasteiger partial charge in [-0.15, -0.1) is 0 Å². The van der Waals surface area contributed by atoms with Crippen molar-refractivity contribution in [2.24, 2.45) is 5.73 Å². The summed E-state index contributed by atoms with van der Waals surface area (Å²) in [4.78, 5) is 0. The van der Waals surface area contributed by atoms with Crippen molar-refractivity contribution in [3.8, 4) is 5.75 Å². The zero-order valence-electron chi connectivity index (χ0n) is 10.4. The van der Waals surface area contributed by atoms with Crippen molar-refractivity contribution < 1.29 is 9.13 Å². The van der Waals surface area contributed by atoms with E-state index in [1.165, 1.54) is 12.1 Å². The quantitative estimate of drug-likeness (QED) is 0.799. The summed E-state index contributed by atoms with van der Waals surface area (Å²) in [6, 6.07) is 9.86. The molecule has 0 saturated carbocycles. The first-order valence-electron chi connectivity index (χ1n) is 6.21. The highest BCUT2D eigenvalue weighted by atomic mass is 79.9. The molecule has 1 aliphatic heterocycles. The molecule has 1 aliphatic rings. The van der Waals surface area contributed by atoms with Gasteiger partial charge in [-0.3, -0.25) is 0 Å². The second-order valence-electron chi connectivity index (χ2n) is 4.80. The summed E-state index contributed by atoms with van der Waals surface area (Å²) in [6.07, 6.45) is 0.446. The van der Waals surface area contributed by atoms with E-state index in [0.717, 1.165) is 10.0 Å². The molecule has 3 rings (SSSR count). The Hall–Kier alpha value is -1.10. The molecule has 5 heteroatoms. The molecule has 2 nitrogen and oxygen atoms in total. The minimum atomic E-state index is -0.296. The zero-order valence-corrected chi connectivity index (χ0v) is 12.8. The number of hydrogen-bond acceptors (Lipinski definition) is 2. The lowest BCUT2D eigenvalue weighted by molar-refractivity contribution is 0.161. The van der Waals surface area contributed by atoms with E-state index in [9.17, 15) is 4.39 Å². The Labute approximate surface area is 129 Å². The van der Waals surface area contributed by atoms with Gasteiger partial charge in [-0.2, -0.15) is 0 Å². The summed E-state index contributed by atoms with van der Waals surface area (Å²) in [7, 11) is 0. The van der Waals surface area contributed by atoms with E-state index in [1.54, 1.807) is 6.07 Å². The Kier molecular flexibility index (Phi) is 3.71. The molecule has 2 aromatic carbocycles. The summed E-state index contributed by atoms with van der Waals surface area (Å²) in [5.41, 5.74) is 7.84. The Morgan fingerprint density at radius 1 is 1.25 bits per heavy atom. The molecule has 0 aliphatic carbocycles. The van der Waals surface area contributed by atoms with E-state index >= 15 is 0 Å². The number of nitrogens with two attached hydrogens (primary N) is 1. The first-order chi connectivity index (χ1) is 9.54. The van der Waals surface area contributed by atoms with Crippen LogP contribution in [0.15, 0.2) is 40.9 Å². The third-order valence-corrected chi connectivity index (χ3v) is 4.64. The van der Waals surface area contributed by atoms with Gasteiger partial charge in [0.2, 0.25) is 0 Å². The number of ether oxygens (including phenoxy) is 1. The molecular weight excluding hydrogens is 345 g/mol. The summed E-state index contributed by atoms with van der Waals surface area (Å²) in [6.45, 7) is 0. The van der Waals surface area contributed by atoms with Crippen molar-refractivity contribution in [3.05, 3.63) is 62.8 Å². The average Bonchev–Trinajstić information content (AvgIpc) is 2.42. The summed E-state index contributed by atoms with van der Waals surface area (Å²) in [5.74, 6) is 0.344. The Morgan fingerprint density at radius 3 is 2.80 bits per heavy atom. The fourth-order valence-electron chi connectivity index (χ4n) is 2.39. The smallest absolute Gasteiger partial charge is 0.126 e. The van der Waals surface area contributed by atoms with Crippen molar-refractivity contribution in [1.82, 2.24) is 0 Å². The SMILES string of the molecule is N[C@H]1CC(c2ccc(Cl)c(Br)c2)Oc2ccc(F)cc21. The second kappa shape index (κ2) is 5.35. The average molecular weight is 357 g/mol. The topological polar surface area (TPSA) is 35.2 Å². The Balaban J connectivity index is 1.94. The van der Waals surface area contributed by atoms with Crippen LogP contribution in [0.2, 0.25) is 5.02 Å². The molecule has 104 valence electrons. The maximum Gasteiger partial charge on any atom is 0.126 e. The van der Waals surface area contributed by atoms with E-state index in [-0.39, 0.29) is 18.0 Å². The van der Waals surface area contributed by atoms with Gasteiger partial charge < -0.3 is 10.5 Å². The lowest BCUT2D eigenvalue weighted by Gasteiger charge is -2.30. The number of hydrogen-bond donors (Lipinski definition) is 1. The fourth-order valence-corrected chi connectivity index (χ4v) is 2.91. The minimum Gasteiger partial charge on any atom is -0.485 e. The highest BCUT2D eigenvalue weighted by molar-refractivity contribution is 9.10. The molecule has 0 fully saturated rings. The number of rotatable bonds is 1. The van der Waals surface area contributed by atoms with Gasteiger partial charge in [0, 0.05) is 22.5 Å². The lowest BCUT2D eigenvalue weighted by atomic mass is 9.93. The highest BCUT2D eigenvalue weighted by Gasteiger charge is 2.27. The third kappa shape index (κ3) is 2.55. The zero-order chi connectivity index (χ0) is 14.3. The summed E-state index contributed by atoms with van der Waals surface area (Å²) >= 11 is 9.39. The molecule has 0 saturated heterocycles. The van der Waals surface area contributed by atoms with E-state index in [2.05, 4.69) is 15.9 Å². The minimum absolute atomic E-state index is 0.156. The lowest BCUT2D eigenvalue weighted by Crippen LogP contribution is -2.24. The molecule has 1 heterocycles. The molecule has 2 N–H and O–H groups in total. The van der Waals surface area contributed by atoms with E-state index in [1.807, 2.05) is 18.2 Å². The molecule has 1 unspecified atom stereocenters. The predicted molar refractivity (Wildman–Crippen MR) is 80.5 cm³/mol. The van der Waals surface area contributed by atoms with Crippen LogP contribution in [0.3, 0.4) is 0 Å². The van der Waals surface area contributed by atoms with Crippen LogP contribution < -0.4 is 10.5 Å². The van der Waals surface area contributed by atoms with Gasteiger partial charge in [0.15, 0.2) is 0 Å². The standard InChI is InChI=1S/C15H12BrClFNO/c16-11-5-8(1-3-12(11)17)15-7-13(19)10-6-9(18)2-4-14(10)20-15/h1-6,13,15H,7,19H2/t13-,15?/m0/s1. The molecule has 20 heavy (non-hydrogen) atoms. The maximum atomic E-state index is 13.3. The monoisotopic (exact) mass is 355 g/mol. The molecule has 2 atom stereocenters. The van der Waals surface area contributed by atoms with Crippen LogP contribution in [0.1, 0.15) is 29.7 Å².